The van der Waals surface area contributed by atoms with Crippen LogP contribution in [0.1, 0.15) is 11.6 Å². The predicted octanol–water partition coefficient (Wildman–Crippen LogP) is 4.88. The van der Waals surface area contributed by atoms with Crippen LogP contribution in [0.15, 0.2) is 73.1 Å². The number of hydrogen-bond donors (Lipinski definition) is 0. The van der Waals surface area contributed by atoms with E-state index < -0.39 is 0 Å². The van der Waals surface area contributed by atoms with Gasteiger partial charge in [0, 0.05) is 18.0 Å². The van der Waals surface area contributed by atoms with Gasteiger partial charge in [0.1, 0.15) is 11.6 Å². The minimum Gasteiger partial charge on any atom is -0.265 e. The van der Waals surface area contributed by atoms with Crippen molar-refractivity contribution < 1.29 is 0 Å². The molecule has 4 rings (SSSR count). The molecule has 126 valence electrons. The summed E-state index contributed by atoms with van der Waals surface area (Å²) in [5.74, 6) is 2.18. The fourth-order valence-electron chi connectivity index (χ4n) is 2.98. The third kappa shape index (κ3) is 3.35. The van der Waals surface area contributed by atoms with Crippen molar-refractivity contribution in [3.63, 3.8) is 0 Å². The Bertz CT molecular complexity index is 1020. The van der Waals surface area contributed by atoms with E-state index in [1.165, 1.54) is 5.56 Å². The summed E-state index contributed by atoms with van der Waals surface area (Å²) in [5.41, 5.74) is 5.63. The van der Waals surface area contributed by atoms with Crippen LogP contribution in [0, 0.1) is 13.8 Å². The Labute approximate surface area is 152 Å². The van der Waals surface area contributed by atoms with Crippen LogP contribution in [-0.2, 0) is 0 Å². The molecule has 0 aliphatic rings. The van der Waals surface area contributed by atoms with Crippen LogP contribution in [0.4, 0.5) is 0 Å². The molecule has 0 N–H and O–H groups in total. The van der Waals surface area contributed by atoms with E-state index >= 15 is 0 Å². The van der Waals surface area contributed by atoms with Crippen LogP contribution in [-0.4, -0.2) is 19.9 Å². The highest BCUT2D eigenvalue weighted by atomic mass is 15.0. The molecule has 26 heavy (non-hydrogen) atoms. The van der Waals surface area contributed by atoms with Crippen molar-refractivity contribution >= 4 is 0 Å². The molecule has 0 saturated heterocycles. The van der Waals surface area contributed by atoms with Crippen molar-refractivity contribution in [3.05, 3.63) is 84.7 Å². The first-order chi connectivity index (χ1) is 12.7. The molecule has 0 fully saturated rings. The predicted molar refractivity (Wildman–Crippen MR) is 103 cm³/mol. The monoisotopic (exact) mass is 338 g/mol. The van der Waals surface area contributed by atoms with Gasteiger partial charge in [0.2, 0.25) is 0 Å². The van der Waals surface area contributed by atoms with Gasteiger partial charge in [-0.3, -0.25) is 4.98 Å². The third-order valence-electron chi connectivity index (χ3n) is 4.21. The number of aromatic nitrogens is 4. The van der Waals surface area contributed by atoms with E-state index in [9.17, 15) is 0 Å². The maximum Gasteiger partial charge on any atom is 0.163 e. The largest absolute Gasteiger partial charge is 0.265 e. The summed E-state index contributed by atoms with van der Waals surface area (Å²) >= 11 is 0. The Balaban J connectivity index is 1.68. The minimum atomic E-state index is 0.713. The van der Waals surface area contributed by atoms with Crippen LogP contribution in [0.2, 0.25) is 0 Å². The van der Waals surface area contributed by atoms with Crippen molar-refractivity contribution in [1.82, 2.24) is 19.9 Å². The maximum atomic E-state index is 4.46. The van der Waals surface area contributed by atoms with E-state index in [1.54, 1.807) is 0 Å². The summed E-state index contributed by atoms with van der Waals surface area (Å²) < 4.78 is 0. The normalized spacial score (nSPS) is 10.7. The van der Waals surface area contributed by atoms with E-state index in [-0.39, 0.29) is 0 Å². The van der Waals surface area contributed by atoms with Gasteiger partial charge in [0.05, 0.1) is 0 Å². The second kappa shape index (κ2) is 6.84. The highest BCUT2D eigenvalue weighted by Crippen LogP contribution is 2.27. The lowest BCUT2D eigenvalue weighted by atomic mass is 9.99. The molecule has 0 spiro atoms. The second-order valence-corrected chi connectivity index (χ2v) is 6.15. The molecule has 0 aliphatic carbocycles. The molecule has 2 aromatic heterocycles. The lowest BCUT2D eigenvalue weighted by Gasteiger charge is -2.07. The van der Waals surface area contributed by atoms with Crippen molar-refractivity contribution in [2.24, 2.45) is 0 Å². The molecule has 0 atom stereocenters. The summed E-state index contributed by atoms with van der Waals surface area (Å²) in [6, 6.07) is 20.9. The maximum absolute atomic E-state index is 4.46. The number of aryl methyl sites for hydroxylation is 2. The lowest BCUT2D eigenvalue weighted by molar-refractivity contribution is 0.928. The number of benzene rings is 2. The second-order valence-electron chi connectivity index (χ2n) is 6.15. The SMILES string of the molecule is Cc1nc(C)nc(-c2cccc(-c3ccc(-c4ccncc4)cc3)c2)n1. The van der Waals surface area contributed by atoms with E-state index in [0.717, 1.165) is 33.9 Å². The van der Waals surface area contributed by atoms with Gasteiger partial charge < -0.3 is 0 Å². The van der Waals surface area contributed by atoms with Crippen molar-refractivity contribution in [1.29, 1.82) is 0 Å². The highest BCUT2D eigenvalue weighted by Gasteiger charge is 2.06. The molecular formula is C22H18N4. The number of hydrogen-bond acceptors (Lipinski definition) is 4. The zero-order valence-electron chi connectivity index (χ0n) is 14.7. The quantitative estimate of drug-likeness (QED) is 0.534. The molecule has 0 amide bonds. The number of nitrogens with zero attached hydrogens (tertiary/aromatic N) is 4. The summed E-state index contributed by atoms with van der Waals surface area (Å²) in [4.78, 5) is 17.3. The molecule has 2 heterocycles. The van der Waals surface area contributed by atoms with Gasteiger partial charge in [0.25, 0.3) is 0 Å². The van der Waals surface area contributed by atoms with Crippen LogP contribution in [0.5, 0.6) is 0 Å². The van der Waals surface area contributed by atoms with E-state index in [0.29, 0.717) is 5.82 Å². The third-order valence-corrected chi connectivity index (χ3v) is 4.21. The topological polar surface area (TPSA) is 51.6 Å². The molecule has 2 aromatic carbocycles. The smallest absolute Gasteiger partial charge is 0.163 e. The van der Waals surface area contributed by atoms with Crippen LogP contribution in [0.3, 0.4) is 0 Å². The fraction of sp³-hybridized carbons (Fsp3) is 0.0909. The molecule has 4 heteroatoms. The van der Waals surface area contributed by atoms with Crippen molar-refractivity contribution in [3.8, 4) is 33.6 Å². The minimum absolute atomic E-state index is 0.713. The Hall–Kier alpha value is -3.40. The van der Waals surface area contributed by atoms with Gasteiger partial charge in [-0.05, 0) is 54.3 Å². The van der Waals surface area contributed by atoms with Gasteiger partial charge in [0.15, 0.2) is 5.82 Å². The zero-order valence-corrected chi connectivity index (χ0v) is 14.7. The lowest BCUT2D eigenvalue weighted by Crippen LogP contribution is -1.98. The fourth-order valence-corrected chi connectivity index (χ4v) is 2.98. The Kier molecular flexibility index (Phi) is 4.23. The Morgan fingerprint density at radius 3 is 1.73 bits per heavy atom. The highest BCUT2D eigenvalue weighted by molar-refractivity contribution is 5.73. The molecule has 0 bridgehead atoms. The zero-order chi connectivity index (χ0) is 17.9. The summed E-state index contributed by atoms with van der Waals surface area (Å²) in [5, 5.41) is 0. The first-order valence-electron chi connectivity index (χ1n) is 8.49. The molecule has 4 nitrogen and oxygen atoms in total. The Morgan fingerprint density at radius 1 is 0.538 bits per heavy atom. The average molecular weight is 338 g/mol. The van der Waals surface area contributed by atoms with E-state index in [4.69, 9.17) is 0 Å². The summed E-state index contributed by atoms with van der Waals surface area (Å²) in [6.45, 7) is 3.78. The Morgan fingerprint density at radius 2 is 1.08 bits per heavy atom. The van der Waals surface area contributed by atoms with Gasteiger partial charge >= 0.3 is 0 Å². The van der Waals surface area contributed by atoms with Gasteiger partial charge in [-0.2, -0.15) is 0 Å². The summed E-state index contributed by atoms with van der Waals surface area (Å²) in [7, 11) is 0. The van der Waals surface area contributed by atoms with Crippen LogP contribution < -0.4 is 0 Å². The van der Waals surface area contributed by atoms with Crippen LogP contribution >= 0.6 is 0 Å². The molecule has 0 aliphatic heterocycles. The molecule has 0 saturated carbocycles. The molecular weight excluding hydrogens is 320 g/mol. The van der Waals surface area contributed by atoms with Crippen LogP contribution in [0.25, 0.3) is 33.6 Å². The van der Waals surface area contributed by atoms with E-state index in [1.807, 2.05) is 50.5 Å². The summed E-state index contributed by atoms with van der Waals surface area (Å²) in [6.07, 6.45) is 3.62. The van der Waals surface area contributed by atoms with Gasteiger partial charge in [-0.25, -0.2) is 15.0 Å². The number of rotatable bonds is 3. The average Bonchev–Trinajstić information content (AvgIpc) is 2.68. The van der Waals surface area contributed by atoms with Crippen molar-refractivity contribution in [2.45, 2.75) is 13.8 Å². The van der Waals surface area contributed by atoms with E-state index in [2.05, 4.69) is 56.3 Å². The van der Waals surface area contributed by atoms with Crippen molar-refractivity contribution in [2.75, 3.05) is 0 Å². The molecule has 0 radical (unpaired) electrons. The first kappa shape index (κ1) is 16.1. The molecule has 4 aromatic rings. The standard InChI is InChI=1S/C22H18N4/c1-15-24-16(2)26-22(25-15)21-5-3-4-20(14-21)18-8-6-17(7-9-18)19-10-12-23-13-11-19/h3-14H,1-2H3. The number of pyridine rings is 1. The van der Waals surface area contributed by atoms with Gasteiger partial charge in [-0.1, -0.05) is 42.5 Å². The molecule has 0 unspecified atom stereocenters. The first-order valence-corrected chi connectivity index (χ1v) is 8.49. The van der Waals surface area contributed by atoms with Gasteiger partial charge in [-0.15, -0.1) is 0 Å².